The standard InChI is InChI=1S/5NO3.2H3N.Sm/c5*2-1(3)4;;;/h;;;;;2*1H3;/q5*-1;;;/p+2. The first-order chi connectivity index (χ1) is 8.66. The van der Waals surface area contributed by atoms with Gasteiger partial charge in [-0.1, -0.05) is 0 Å². The van der Waals surface area contributed by atoms with Gasteiger partial charge in [-0.25, -0.2) is 0 Å². The molecule has 0 aromatic heterocycles. The van der Waals surface area contributed by atoms with E-state index in [1.54, 1.807) is 0 Å². The van der Waals surface area contributed by atoms with Crippen LogP contribution in [0.1, 0.15) is 0 Å². The molecule has 0 saturated heterocycles. The summed E-state index contributed by atoms with van der Waals surface area (Å²) >= 11 is 0. The van der Waals surface area contributed by atoms with E-state index in [-0.39, 0.29) is 52.7 Å². The van der Waals surface area contributed by atoms with Gasteiger partial charge in [0.05, 0.1) is 25.4 Å². The van der Waals surface area contributed by atoms with Crippen molar-refractivity contribution in [2.45, 2.75) is 0 Å². The minimum Gasteiger partial charge on any atom is -0.369 e. The first-order valence-electron chi connectivity index (χ1n) is 2.74. The third kappa shape index (κ3) is 763. The summed E-state index contributed by atoms with van der Waals surface area (Å²) in [6.07, 6.45) is 0. The van der Waals surface area contributed by atoms with E-state index in [1.165, 1.54) is 0 Å². The number of quaternary nitrogens is 2. The molecule has 0 fully saturated rings. The van der Waals surface area contributed by atoms with Crippen molar-refractivity contribution in [1.82, 2.24) is 12.3 Å². The van der Waals surface area contributed by atoms with Crippen LogP contribution in [0.5, 0.6) is 0 Å². The van der Waals surface area contributed by atoms with Gasteiger partial charge in [0.25, 0.3) is 0 Å². The molecule has 23 heteroatoms. The molecule has 0 rings (SSSR count). The molecule has 0 unspecified atom stereocenters. The predicted molar refractivity (Wildman–Crippen MR) is 63.8 cm³/mol. The zero-order valence-corrected chi connectivity index (χ0v) is 13.4. The maximum Gasteiger partial charge on any atom is 0.0689 e. The van der Waals surface area contributed by atoms with Gasteiger partial charge in [-0.05, 0) is 0 Å². The molecule has 23 heavy (non-hydrogen) atoms. The third-order valence-corrected chi connectivity index (χ3v) is 0. The molecule has 142 valence electrons. The van der Waals surface area contributed by atoms with Crippen molar-refractivity contribution in [3.63, 3.8) is 0 Å². The van der Waals surface area contributed by atoms with E-state index in [1.807, 2.05) is 0 Å². The number of hydrogen-bond donors (Lipinski definition) is 2. The van der Waals surface area contributed by atoms with Crippen LogP contribution >= 0.6 is 0 Å². The summed E-state index contributed by atoms with van der Waals surface area (Å²) in [6.45, 7) is 0. The zero-order valence-electron chi connectivity index (χ0n) is 10.8. The molecule has 0 aliphatic heterocycles. The summed E-state index contributed by atoms with van der Waals surface area (Å²) < 4.78 is 0. The number of rotatable bonds is 0. The molecule has 0 atom stereocenters. The van der Waals surface area contributed by atoms with Gasteiger partial charge in [-0.3, -0.25) is 0 Å². The molecule has 0 aliphatic carbocycles. The Morgan fingerprint density at radius 3 is 0.348 bits per heavy atom. The van der Waals surface area contributed by atoms with Crippen molar-refractivity contribution in [2.24, 2.45) is 0 Å². The summed E-state index contributed by atoms with van der Waals surface area (Å²) in [5.41, 5.74) is 0. The quantitative estimate of drug-likeness (QED) is 0.316. The molecule has 0 heterocycles. The van der Waals surface area contributed by atoms with Crippen LogP contribution < -0.4 is 12.3 Å². The smallest absolute Gasteiger partial charge is 0.0689 e. The van der Waals surface area contributed by atoms with Crippen LogP contribution in [0.2, 0.25) is 0 Å². The Hall–Kier alpha value is -2.74. The van der Waals surface area contributed by atoms with Crippen LogP contribution in [0, 0.1) is 117 Å². The van der Waals surface area contributed by atoms with Crippen molar-refractivity contribution in [1.29, 1.82) is 0 Å². The average Bonchev–Trinajstić information content (AvgIpc) is 1.94. The van der Waals surface area contributed by atoms with E-state index >= 15 is 0 Å². The van der Waals surface area contributed by atoms with Crippen molar-refractivity contribution >= 4 is 0 Å². The molecule has 0 aromatic rings. The Morgan fingerprint density at radius 2 is 0.348 bits per heavy atom. The Bertz CT molecular complexity index is 211. The fraction of sp³-hybridized carbons (Fsp3) is 0. The van der Waals surface area contributed by atoms with Crippen molar-refractivity contribution < 1.29 is 65.8 Å². The molecule has 0 amide bonds. The van der Waals surface area contributed by atoms with Gasteiger partial charge in [-0.15, -0.1) is 0 Å². The Kier molecular flexibility index (Phi) is 92.9. The minimum absolute atomic E-state index is 0. The van der Waals surface area contributed by atoms with Crippen LogP contribution in [0.15, 0.2) is 0 Å². The number of nitrogens with zero attached hydrogens (tertiary/aromatic N) is 5. The molecule has 0 spiro atoms. The summed E-state index contributed by atoms with van der Waals surface area (Å²) in [4.78, 5) is 41.2. The first kappa shape index (κ1) is 50.0. The maximum atomic E-state index is 8.25. The third-order valence-electron chi connectivity index (χ3n) is 0. The normalized spacial score (nSPS) is 5.22. The Morgan fingerprint density at radius 1 is 0.348 bits per heavy atom. The van der Waals surface area contributed by atoms with E-state index in [9.17, 15) is 0 Å². The van der Waals surface area contributed by atoms with E-state index in [4.69, 9.17) is 76.6 Å². The van der Waals surface area contributed by atoms with Crippen LogP contribution in [0.25, 0.3) is 0 Å². The second kappa shape index (κ2) is 42.7. The monoisotopic (exact) mass is 498 g/mol. The summed E-state index contributed by atoms with van der Waals surface area (Å²) in [5, 5.41) is 73.8. The van der Waals surface area contributed by atoms with E-state index < -0.39 is 25.4 Å². The zero-order chi connectivity index (χ0) is 17.9. The largest absolute Gasteiger partial charge is 0.369 e. The van der Waals surface area contributed by atoms with Crippen LogP contribution in [0.3, 0.4) is 0 Å². The van der Waals surface area contributed by atoms with E-state index in [2.05, 4.69) is 0 Å². The number of hydrogen-bond acceptors (Lipinski definition) is 15. The Labute approximate surface area is 154 Å². The SMILES string of the molecule is O=[N+]([O-])[O-].O=[N+]([O-])[O-].O=[N+]([O-])[O-].O=[N+]([O-])[O-].O=[N+]([O-])[O-].[NH4+].[NH4+].[Sm]. The molecular weight excluding hydrogens is 488 g/mol. The first-order valence-corrected chi connectivity index (χ1v) is 2.74. The molecular formula is H8N7O15Sm-3. The van der Waals surface area contributed by atoms with E-state index in [0.717, 1.165) is 0 Å². The van der Waals surface area contributed by atoms with Gasteiger partial charge in [0, 0.05) is 40.4 Å². The van der Waals surface area contributed by atoms with E-state index in [0.29, 0.717) is 0 Å². The van der Waals surface area contributed by atoms with Gasteiger partial charge in [-0.2, -0.15) is 0 Å². The van der Waals surface area contributed by atoms with Gasteiger partial charge in [0.2, 0.25) is 0 Å². The molecule has 0 aromatic carbocycles. The molecule has 0 bridgehead atoms. The topological polar surface area (TPSA) is 404 Å². The van der Waals surface area contributed by atoms with Crippen molar-refractivity contribution in [3.05, 3.63) is 76.6 Å². The maximum absolute atomic E-state index is 8.25. The van der Waals surface area contributed by atoms with Crippen LogP contribution in [-0.4, -0.2) is 25.4 Å². The summed E-state index contributed by atoms with van der Waals surface area (Å²) in [7, 11) is 0. The fourth-order valence-electron chi connectivity index (χ4n) is 0. The molecule has 8 N–H and O–H groups in total. The van der Waals surface area contributed by atoms with Crippen molar-refractivity contribution in [2.75, 3.05) is 0 Å². The van der Waals surface area contributed by atoms with Gasteiger partial charge in [0.15, 0.2) is 0 Å². The average molecular weight is 496 g/mol. The van der Waals surface area contributed by atoms with Crippen LogP contribution in [0.4, 0.5) is 0 Å². The fourth-order valence-corrected chi connectivity index (χ4v) is 0. The van der Waals surface area contributed by atoms with Gasteiger partial charge in [0.1, 0.15) is 0 Å². The second-order valence-corrected chi connectivity index (χ2v) is 1.12. The van der Waals surface area contributed by atoms with Gasteiger partial charge < -0.3 is 88.9 Å². The summed E-state index contributed by atoms with van der Waals surface area (Å²) in [6, 6.07) is 0. The van der Waals surface area contributed by atoms with Crippen molar-refractivity contribution in [3.8, 4) is 0 Å². The molecule has 0 saturated carbocycles. The minimum atomic E-state index is -1.75. The molecule has 0 radical (unpaired) electrons. The molecule has 0 aliphatic rings. The predicted octanol–water partition coefficient (Wildman–Crippen LogP) is -0.443. The van der Waals surface area contributed by atoms with Gasteiger partial charge >= 0.3 is 0 Å². The Balaban J connectivity index is -0.0000000197. The summed E-state index contributed by atoms with van der Waals surface area (Å²) in [5.74, 6) is 0. The second-order valence-electron chi connectivity index (χ2n) is 1.12. The van der Waals surface area contributed by atoms with Crippen LogP contribution in [-0.2, 0) is 0 Å². The molecule has 22 nitrogen and oxygen atoms in total.